The molecule has 0 saturated carbocycles. The van der Waals surface area contributed by atoms with Crippen molar-refractivity contribution in [1.82, 2.24) is 5.32 Å². The van der Waals surface area contributed by atoms with Crippen LogP contribution in [0.5, 0.6) is 0 Å². The zero-order valence-electron chi connectivity index (χ0n) is 12.4. The van der Waals surface area contributed by atoms with Gasteiger partial charge in [-0.3, -0.25) is 14.4 Å². The first-order chi connectivity index (χ1) is 10.6. The molecule has 126 valence electrons. The Morgan fingerprint density at radius 1 is 1.05 bits per heavy atom. The van der Waals surface area contributed by atoms with Crippen molar-refractivity contribution in [2.24, 2.45) is 5.73 Å². The number of nitrogens with one attached hydrogen (secondary N) is 1. The summed E-state index contributed by atoms with van der Waals surface area (Å²) in [5.74, 6) is 0.340. The van der Waals surface area contributed by atoms with Gasteiger partial charge in [0.1, 0.15) is 13.2 Å². The maximum absolute atomic E-state index is 11.4. The molecule has 0 aliphatic carbocycles. The SMILES string of the molecule is C=CC(=O)NCCOC(=O)CCSSCCC(=O)OCCN. The molecule has 0 aromatic heterocycles. The van der Waals surface area contributed by atoms with Crippen molar-refractivity contribution in [3.05, 3.63) is 12.7 Å². The van der Waals surface area contributed by atoms with Crippen molar-refractivity contribution in [1.29, 1.82) is 0 Å². The van der Waals surface area contributed by atoms with Gasteiger partial charge < -0.3 is 20.5 Å². The van der Waals surface area contributed by atoms with Crippen molar-refractivity contribution in [3.8, 4) is 0 Å². The summed E-state index contributed by atoms with van der Waals surface area (Å²) in [5.41, 5.74) is 5.21. The molecule has 0 spiro atoms. The van der Waals surface area contributed by atoms with Crippen LogP contribution in [0, 0.1) is 0 Å². The summed E-state index contributed by atoms with van der Waals surface area (Å²) < 4.78 is 9.75. The molecule has 0 radical (unpaired) electrons. The lowest BCUT2D eigenvalue weighted by molar-refractivity contribution is -0.143. The smallest absolute Gasteiger partial charge is 0.306 e. The molecular weight excluding hydrogens is 328 g/mol. The van der Waals surface area contributed by atoms with Gasteiger partial charge in [0.15, 0.2) is 0 Å². The Hall–Kier alpha value is -1.19. The number of esters is 2. The predicted molar refractivity (Wildman–Crippen MR) is 88.3 cm³/mol. The number of hydrogen-bond donors (Lipinski definition) is 2. The summed E-state index contributed by atoms with van der Waals surface area (Å²) in [5, 5.41) is 2.50. The number of ether oxygens (including phenoxy) is 2. The third kappa shape index (κ3) is 13.8. The lowest BCUT2D eigenvalue weighted by atomic mass is 10.5. The van der Waals surface area contributed by atoms with Gasteiger partial charge in [0.25, 0.3) is 0 Å². The number of amides is 1. The van der Waals surface area contributed by atoms with E-state index in [9.17, 15) is 14.4 Å². The Morgan fingerprint density at radius 3 is 2.09 bits per heavy atom. The molecule has 0 aliphatic rings. The van der Waals surface area contributed by atoms with Gasteiger partial charge in [-0.15, -0.1) is 0 Å². The molecule has 1 amide bonds. The number of rotatable bonds is 13. The zero-order valence-corrected chi connectivity index (χ0v) is 14.0. The largest absolute Gasteiger partial charge is 0.464 e. The van der Waals surface area contributed by atoms with Crippen LogP contribution in [0.15, 0.2) is 12.7 Å². The first-order valence-electron chi connectivity index (χ1n) is 6.76. The van der Waals surface area contributed by atoms with E-state index in [-0.39, 0.29) is 44.0 Å². The minimum atomic E-state index is -0.316. The second-order valence-corrected chi connectivity index (χ2v) is 6.57. The Morgan fingerprint density at radius 2 is 1.59 bits per heavy atom. The fourth-order valence-electron chi connectivity index (χ4n) is 1.10. The van der Waals surface area contributed by atoms with Crippen molar-refractivity contribution < 1.29 is 23.9 Å². The van der Waals surface area contributed by atoms with E-state index in [1.165, 1.54) is 21.6 Å². The average Bonchev–Trinajstić information content (AvgIpc) is 2.52. The monoisotopic (exact) mass is 350 g/mol. The molecule has 0 fully saturated rings. The summed E-state index contributed by atoms with van der Waals surface area (Å²) >= 11 is 0. The van der Waals surface area contributed by atoms with Crippen molar-refractivity contribution in [2.75, 3.05) is 37.8 Å². The van der Waals surface area contributed by atoms with Gasteiger partial charge in [-0.25, -0.2) is 0 Å². The van der Waals surface area contributed by atoms with E-state index in [1.54, 1.807) is 0 Å². The quantitative estimate of drug-likeness (QED) is 0.214. The summed E-state index contributed by atoms with van der Waals surface area (Å²) in [6.07, 6.45) is 1.76. The molecule has 7 nitrogen and oxygen atoms in total. The van der Waals surface area contributed by atoms with Crippen molar-refractivity contribution >= 4 is 39.4 Å². The van der Waals surface area contributed by atoms with Gasteiger partial charge >= 0.3 is 11.9 Å². The molecule has 22 heavy (non-hydrogen) atoms. The summed E-state index contributed by atoms with van der Waals surface area (Å²) in [6.45, 7) is 4.29. The molecule has 3 N–H and O–H groups in total. The van der Waals surface area contributed by atoms with Crippen LogP contribution in [0.2, 0.25) is 0 Å². The van der Waals surface area contributed by atoms with Gasteiger partial charge in [0.2, 0.25) is 5.91 Å². The fourth-order valence-corrected chi connectivity index (χ4v) is 3.04. The first kappa shape index (κ1) is 20.8. The number of carbonyl (C=O) groups is 3. The highest BCUT2D eigenvalue weighted by atomic mass is 33.1. The van der Waals surface area contributed by atoms with Crippen LogP contribution in [0.1, 0.15) is 12.8 Å². The number of nitrogens with two attached hydrogens (primary N) is 1. The summed E-state index contributed by atoms with van der Waals surface area (Å²) in [4.78, 5) is 33.3. The third-order valence-corrected chi connectivity index (χ3v) is 4.50. The van der Waals surface area contributed by atoms with Crippen LogP contribution in [-0.4, -0.2) is 55.7 Å². The van der Waals surface area contributed by atoms with E-state index in [4.69, 9.17) is 15.2 Å². The minimum absolute atomic E-state index is 0.142. The van der Waals surface area contributed by atoms with E-state index in [2.05, 4.69) is 11.9 Å². The molecule has 9 heteroatoms. The van der Waals surface area contributed by atoms with Gasteiger partial charge in [-0.1, -0.05) is 28.2 Å². The van der Waals surface area contributed by atoms with Crippen LogP contribution >= 0.6 is 21.6 Å². The van der Waals surface area contributed by atoms with E-state index in [0.29, 0.717) is 24.5 Å². The maximum Gasteiger partial charge on any atom is 0.306 e. The topological polar surface area (TPSA) is 108 Å². The molecule has 0 atom stereocenters. The van der Waals surface area contributed by atoms with Crippen LogP contribution in [-0.2, 0) is 23.9 Å². The highest BCUT2D eigenvalue weighted by molar-refractivity contribution is 8.76. The molecule has 0 aromatic carbocycles. The normalized spacial score (nSPS) is 9.86. The molecule has 0 aromatic rings. The summed E-state index contributed by atoms with van der Waals surface area (Å²) in [7, 11) is 3.00. The molecule has 0 saturated heterocycles. The van der Waals surface area contributed by atoms with E-state index >= 15 is 0 Å². The Labute approximate surface area is 138 Å². The highest BCUT2D eigenvalue weighted by Crippen LogP contribution is 2.22. The van der Waals surface area contributed by atoms with E-state index in [1.807, 2.05) is 0 Å². The summed E-state index contributed by atoms with van der Waals surface area (Å²) in [6, 6.07) is 0. The van der Waals surface area contributed by atoms with Crippen molar-refractivity contribution in [3.63, 3.8) is 0 Å². The maximum atomic E-state index is 11.4. The average molecular weight is 350 g/mol. The van der Waals surface area contributed by atoms with Crippen LogP contribution < -0.4 is 11.1 Å². The fraction of sp³-hybridized carbons (Fsp3) is 0.615. The molecule has 0 heterocycles. The predicted octanol–water partition coefficient (Wildman–Crippen LogP) is 0.495. The first-order valence-corrected chi connectivity index (χ1v) is 9.25. The van der Waals surface area contributed by atoms with Gasteiger partial charge in [0, 0.05) is 18.1 Å². The van der Waals surface area contributed by atoms with Gasteiger partial charge in [0.05, 0.1) is 19.4 Å². The highest BCUT2D eigenvalue weighted by Gasteiger charge is 2.05. The van der Waals surface area contributed by atoms with Gasteiger partial charge in [-0.05, 0) is 6.08 Å². The third-order valence-electron chi connectivity index (χ3n) is 2.09. The van der Waals surface area contributed by atoms with E-state index in [0.717, 1.165) is 6.08 Å². The lowest BCUT2D eigenvalue weighted by Gasteiger charge is -2.05. The number of carbonyl (C=O) groups excluding carboxylic acids is 3. The van der Waals surface area contributed by atoms with Crippen LogP contribution in [0.25, 0.3) is 0 Å². The molecular formula is C13H22N2O5S2. The standard InChI is InChI=1S/C13H22N2O5S2/c1-2-11(16)15-6-8-20-13(18)4-10-22-21-9-3-12(17)19-7-5-14/h2H,1,3-10,14H2,(H,15,16). The Bertz CT molecular complexity index is 366. The van der Waals surface area contributed by atoms with Crippen LogP contribution in [0.4, 0.5) is 0 Å². The zero-order chi connectivity index (χ0) is 16.6. The van der Waals surface area contributed by atoms with E-state index < -0.39 is 0 Å². The Balaban J connectivity index is 3.36. The van der Waals surface area contributed by atoms with Gasteiger partial charge in [-0.2, -0.15) is 0 Å². The van der Waals surface area contributed by atoms with Crippen molar-refractivity contribution in [2.45, 2.75) is 12.8 Å². The Kier molecular flexibility index (Phi) is 13.9. The second kappa shape index (κ2) is 14.7. The molecule has 0 unspecified atom stereocenters. The lowest BCUT2D eigenvalue weighted by Crippen LogP contribution is -2.26. The van der Waals surface area contributed by atoms with Crippen LogP contribution in [0.3, 0.4) is 0 Å². The second-order valence-electron chi connectivity index (χ2n) is 3.87. The molecule has 0 rings (SSSR count). The molecule has 0 aliphatic heterocycles. The minimum Gasteiger partial charge on any atom is -0.464 e. The number of hydrogen-bond acceptors (Lipinski definition) is 8. The molecule has 0 bridgehead atoms.